The largest absolute Gasteiger partial charge is 0.465 e. The van der Waals surface area contributed by atoms with Crippen LogP contribution < -0.4 is 5.32 Å². The van der Waals surface area contributed by atoms with Crippen LogP contribution in [0.2, 0.25) is 0 Å². The maximum absolute atomic E-state index is 12.2. The Bertz CT molecular complexity index is 263. The highest BCUT2D eigenvalue weighted by Crippen LogP contribution is 2.16. The second kappa shape index (κ2) is 7.10. The quantitative estimate of drug-likeness (QED) is 0.736. The number of likely N-dealkylation sites (tertiary alicyclic amines) is 1. The Hall–Kier alpha value is -0.610. The molecule has 1 rings (SSSR count). The van der Waals surface area contributed by atoms with Gasteiger partial charge in [-0.15, -0.1) is 0 Å². The minimum absolute atomic E-state index is 0.135. The number of esters is 1. The van der Waals surface area contributed by atoms with Gasteiger partial charge in [-0.1, -0.05) is 6.42 Å². The average Bonchev–Trinajstić information content (AvgIpc) is 2.29. The van der Waals surface area contributed by atoms with Gasteiger partial charge in [0.15, 0.2) is 0 Å². The molecule has 106 valence electrons. The lowest BCUT2D eigenvalue weighted by Crippen LogP contribution is -2.60. The van der Waals surface area contributed by atoms with Gasteiger partial charge in [0.05, 0.1) is 6.61 Å². The highest BCUT2D eigenvalue weighted by Gasteiger charge is 2.37. The third kappa shape index (κ3) is 4.58. The smallest absolute Gasteiger partial charge is 0.327 e. The molecule has 1 fully saturated rings. The highest BCUT2D eigenvalue weighted by atomic mass is 16.5. The molecule has 1 atom stereocenters. The van der Waals surface area contributed by atoms with Crippen LogP contribution in [-0.2, 0) is 9.53 Å². The molecule has 1 aliphatic heterocycles. The molecule has 0 aliphatic carbocycles. The van der Waals surface area contributed by atoms with E-state index < -0.39 is 5.54 Å². The predicted molar refractivity (Wildman–Crippen MR) is 73.6 cm³/mol. The van der Waals surface area contributed by atoms with Gasteiger partial charge in [0, 0.05) is 12.6 Å². The summed E-state index contributed by atoms with van der Waals surface area (Å²) in [7, 11) is 0. The Morgan fingerprint density at radius 1 is 1.33 bits per heavy atom. The van der Waals surface area contributed by atoms with Crippen LogP contribution >= 0.6 is 0 Å². The minimum atomic E-state index is -0.596. The van der Waals surface area contributed by atoms with E-state index in [0.29, 0.717) is 6.61 Å². The number of nitrogens with zero attached hydrogens (tertiary/aromatic N) is 1. The molecule has 1 saturated heterocycles. The number of carbonyl (C=O) groups is 1. The van der Waals surface area contributed by atoms with Crippen LogP contribution in [0.25, 0.3) is 0 Å². The molecular formula is C14H28N2O2. The van der Waals surface area contributed by atoms with Gasteiger partial charge in [-0.2, -0.15) is 0 Å². The van der Waals surface area contributed by atoms with Gasteiger partial charge in [-0.3, -0.25) is 10.1 Å². The first kappa shape index (κ1) is 15.4. The number of rotatable bonds is 6. The Balaban J connectivity index is 2.66. The summed E-state index contributed by atoms with van der Waals surface area (Å²) in [6.45, 7) is 11.3. The number of nitrogens with one attached hydrogen (secondary N) is 1. The first-order valence-electron chi connectivity index (χ1n) is 7.15. The van der Waals surface area contributed by atoms with Gasteiger partial charge in [0.25, 0.3) is 0 Å². The molecule has 0 radical (unpaired) electrons. The molecule has 0 aromatic carbocycles. The average molecular weight is 256 g/mol. The zero-order valence-corrected chi connectivity index (χ0v) is 12.3. The van der Waals surface area contributed by atoms with Crippen molar-refractivity contribution >= 4 is 5.97 Å². The fourth-order valence-corrected chi connectivity index (χ4v) is 2.66. The minimum Gasteiger partial charge on any atom is -0.465 e. The highest BCUT2D eigenvalue weighted by molar-refractivity contribution is 5.80. The summed E-state index contributed by atoms with van der Waals surface area (Å²) in [6.07, 6.45) is 3.78. The maximum atomic E-state index is 12.2. The number of piperidine rings is 1. The molecule has 1 unspecified atom stereocenters. The Morgan fingerprint density at radius 3 is 2.44 bits per heavy atom. The molecule has 0 spiro atoms. The van der Waals surface area contributed by atoms with Gasteiger partial charge in [-0.25, -0.2) is 0 Å². The maximum Gasteiger partial charge on any atom is 0.327 e. The van der Waals surface area contributed by atoms with Crippen molar-refractivity contribution in [1.82, 2.24) is 10.2 Å². The summed E-state index contributed by atoms with van der Waals surface area (Å²) in [5.41, 5.74) is -0.596. The molecule has 0 amide bonds. The summed E-state index contributed by atoms with van der Waals surface area (Å²) in [4.78, 5) is 14.5. The third-order valence-corrected chi connectivity index (χ3v) is 3.32. The fourth-order valence-electron chi connectivity index (χ4n) is 2.66. The molecule has 0 aromatic heterocycles. The van der Waals surface area contributed by atoms with Gasteiger partial charge in [-0.05, 0) is 53.6 Å². The van der Waals surface area contributed by atoms with E-state index >= 15 is 0 Å². The number of carbonyl (C=O) groups excluding carboxylic acids is 1. The van der Waals surface area contributed by atoms with Crippen LogP contribution in [0.15, 0.2) is 0 Å². The van der Waals surface area contributed by atoms with Crippen LogP contribution in [-0.4, -0.2) is 48.7 Å². The second-order valence-electron chi connectivity index (χ2n) is 5.69. The molecule has 1 heterocycles. The van der Waals surface area contributed by atoms with Crippen molar-refractivity contribution in [3.8, 4) is 0 Å². The molecule has 1 aliphatic rings. The van der Waals surface area contributed by atoms with Crippen LogP contribution in [0.1, 0.15) is 47.0 Å². The van der Waals surface area contributed by atoms with E-state index in [2.05, 4.69) is 24.1 Å². The van der Waals surface area contributed by atoms with Crippen molar-refractivity contribution in [2.24, 2.45) is 0 Å². The van der Waals surface area contributed by atoms with Crippen molar-refractivity contribution in [3.05, 3.63) is 0 Å². The molecule has 0 saturated carbocycles. The third-order valence-electron chi connectivity index (χ3n) is 3.32. The second-order valence-corrected chi connectivity index (χ2v) is 5.69. The normalized spacial score (nSPS) is 20.7. The van der Waals surface area contributed by atoms with Crippen molar-refractivity contribution < 1.29 is 9.53 Å². The van der Waals surface area contributed by atoms with E-state index in [4.69, 9.17) is 4.74 Å². The molecule has 4 heteroatoms. The van der Waals surface area contributed by atoms with E-state index in [-0.39, 0.29) is 12.0 Å². The monoisotopic (exact) mass is 256 g/mol. The summed E-state index contributed by atoms with van der Waals surface area (Å²) >= 11 is 0. The molecule has 0 aromatic rings. The molecule has 4 nitrogen and oxygen atoms in total. The van der Waals surface area contributed by atoms with Gasteiger partial charge < -0.3 is 9.64 Å². The number of hydrogen-bond donors (Lipinski definition) is 1. The van der Waals surface area contributed by atoms with Crippen LogP contribution in [0.3, 0.4) is 0 Å². The van der Waals surface area contributed by atoms with E-state index in [9.17, 15) is 4.79 Å². The molecule has 0 bridgehead atoms. The van der Waals surface area contributed by atoms with E-state index in [0.717, 1.165) is 19.6 Å². The van der Waals surface area contributed by atoms with Crippen LogP contribution in [0.5, 0.6) is 0 Å². The lowest BCUT2D eigenvalue weighted by Gasteiger charge is -2.37. The van der Waals surface area contributed by atoms with Crippen molar-refractivity contribution in [1.29, 1.82) is 0 Å². The fraction of sp³-hybridized carbons (Fsp3) is 0.929. The lowest BCUT2D eigenvalue weighted by molar-refractivity contribution is -0.151. The van der Waals surface area contributed by atoms with E-state index in [1.807, 2.05) is 13.8 Å². The van der Waals surface area contributed by atoms with E-state index in [1.54, 1.807) is 0 Å². The Labute approximate surface area is 111 Å². The number of ether oxygens (including phenoxy) is 1. The Kier molecular flexibility index (Phi) is 6.09. The molecular weight excluding hydrogens is 228 g/mol. The number of hydrogen-bond acceptors (Lipinski definition) is 4. The van der Waals surface area contributed by atoms with Crippen LogP contribution in [0, 0.1) is 0 Å². The summed E-state index contributed by atoms with van der Waals surface area (Å²) in [5, 5.41) is 3.37. The topological polar surface area (TPSA) is 41.6 Å². The van der Waals surface area contributed by atoms with Crippen molar-refractivity contribution in [2.75, 3.05) is 26.2 Å². The molecule has 1 N–H and O–H groups in total. The first-order chi connectivity index (χ1) is 8.48. The molecule has 18 heavy (non-hydrogen) atoms. The van der Waals surface area contributed by atoms with Gasteiger partial charge >= 0.3 is 5.97 Å². The van der Waals surface area contributed by atoms with Gasteiger partial charge in [0.2, 0.25) is 0 Å². The first-order valence-corrected chi connectivity index (χ1v) is 7.15. The SMILES string of the molecule is CCOC(=O)C(C)(CN1CCCCC1)NC(C)C. The standard InChI is InChI=1S/C14H28N2O2/c1-5-18-13(17)14(4,15-12(2)3)11-16-9-7-6-8-10-16/h12,15H,5-11H2,1-4H3. The van der Waals surface area contributed by atoms with Crippen molar-refractivity contribution in [2.45, 2.75) is 58.5 Å². The summed E-state index contributed by atoms with van der Waals surface area (Å²) < 4.78 is 5.22. The van der Waals surface area contributed by atoms with Crippen LogP contribution in [0.4, 0.5) is 0 Å². The Morgan fingerprint density at radius 2 is 1.94 bits per heavy atom. The summed E-state index contributed by atoms with van der Waals surface area (Å²) in [5.74, 6) is -0.135. The lowest BCUT2D eigenvalue weighted by atomic mass is 9.98. The summed E-state index contributed by atoms with van der Waals surface area (Å²) in [6, 6.07) is 0.268. The zero-order valence-electron chi connectivity index (χ0n) is 12.3. The van der Waals surface area contributed by atoms with E-state index in [1.165, 1.54) is 19.3 Å². The van der Waals surface area contributed by atoms with Gasteiger partial charge in [0.1, 0.15) is 5.54 Å². The predicted octanol–water partition coefficient (Wildman–Crippen LogP) is 1.79. The zero-order chi connectivity index (χ0) is 13.6. The van der Waals surface area contributed by atoms with Crippen molar-refractivity contribution in [3.63, 3.8) is 0 Å².